The molecule has 0 fully saturated rings. The second-order valence-corrected chi connectivity index (χ2v) is 3.70. The Kier molecular flexibility index (Phi) is 5.25. The molecule has 0 bridgehead atoms. The Morgan fingerprint density at radius 1 is 1.50 bits per heavy atom. The summed E-state index contributed by atoms with van der Waals surface area (Å²) in [6.45, 7) is 4.37. The first-order valence-electron chi connectivity index (χ1n) is 5.04. The van der Waals surface area contributed by atoms with Gasteiger partial charge in [0.15, 0.2) is 0 Å². The maximum atomic E-state index is 11.5. The molecular weight excluding hydrogens is 228 g/mol. The molecule has 0 aliphatic rings. The topological polar surface area (TPSA) is 50.4 Å². The van der Waals surface area contributed by atoms with E-state index in [-0.39, 0.29) is 12.5 Å². The number of hydroxylamine groups is 1. The van der Waals surface area contributed by atoms with Gasteiger partial charge in [0.1, 0.15) is 6.54 Å². The molecule has 0 unspecified atom stereocenters. The molecule has 1 aromatic carbocycles. The van der Waals surface area contributed by atoms with Crippen molar-refractivity contribution in [3.63, 3.8) is 0 Å². The highest BCUT2D eigenvalue weighted by molar-refractivity contribution is 6.31. The molecule has 2 N–H and O–H groups in total. The van der Waals surface area contributed by atoms with Gasteiger partial charge < -0.3 is 10.2 Å². The molecule has 0 aromatic heterocycles. The summed E-state index contributed by atoms with van der Waals surface area (Å²) in [5, 5.41) is 3.34. The summed E-state index contributed by atoms with van der Waals surface area (Å²) >= 11 is 5.84. The molecule has 0 saturated carbocycles. The van der Waals surface area contributed by atoms with Gasteiger partial charge in [-0.15, -0.1) is 0 Å². The summed E-state index contributed by atoms with van der Waals surface area (Å²) in [4.78, 5) is 16.3. The molecular formula is C11H15ClN2O2. The zero-order chi connectivity index (χ0) is 12.0. The van der Waals surface area contributed by atoms with Crippen LogP contribution in [0.3, 0.4) is 0 Å². The van der Waals surface area contributed by atoms with E-state index in [0.29, 0.717) is 11.6 Å². The molecule has 0 spiro atoms. The first-order valence-corrected chi connectivity index (χ1v) is 5.42. The number of benzene rings is 1. The summed E-state index contributed by atoms with van der Waals surface area (Å²) in [6, 6.07) is 5.36. The number of hydrogen-bond donors (Lipinski definition) is 2. The number of anilines is 1. The highest BCUT2D eigenvalue weighted by atomic mass is 35.5. The van der Waals surface area contributed by atoms with Crippen molar-refractivity contribution in [2.24, 2.45) is 0 Å². The fourth-order valence-corrected chi connectivity index (χ4v) is 1.31. The third-order valence-corrected chi connectivity index (χ3v) is 2.19. The van der Waals surface area contributed by atoms with Crippen LogP contribution in [0.25, 0.3) is 0 Å². The van der Waals surface area contributed by atoms with Crippen molar-refractivity contribution in [2.45, 2.75) is 13.8 Å². The number of aryl methyl sites for hydroxylation is 1. The maximum Gasteiger partial charge on any atom is 0.240 e. The van der Waals surface area contributed by atoms with E-state index in [1.54, 1.807) is 12.1 Å². The van der Waals surface area contributed by atoms with Gasteiger partial charge in [0.25, 0.3) is 0 Å². The molecule has 0 atom stereocenters. The Morgan fingerprint density at radius 2 is 2.25 bits per heavy atom. The highest BCUT2D eigenvalue weighted by Gasteiger charge is 2.04. The number of nitrogens with one attached hydrogen (secondary N) is 2. The van der Waals surface area contributed by atoms with E-state index in [1.165, 1.54) is 0 Å². The minimum Gasteiger partial charge on any atom is -0.325 e. The Labute approximate surface area is 99.9 Å². The summed E-state index contributed by atoms with van der Waals surface area (Å²) in [7, 11) is 0. The Balaban J connectivity index is 2.52. The maximum absolute atomic E-state index is 11.5. The lowest BCUT2D eigenvalue weighted by molar-refractivity contribution is -0.117. The van der Waals surface area contributed by atoms with Crippen LogP contribution in [0, 0.1) is 6.92 Å². The van der Waals surface area contributed by atoms with E-state index in [1.807, 2.05) is 19.9 Å². The van der Waals surface area contributed by atoms with Gasteiger partial charge in [0.2, 0.25) is 5.91 Å². The summed E-state index contributed by atoms with van der Waals surface area (Å²) in [6.07, 6.45) is 0. The van der Waals surface area contributed by atoms with Gasteiger partial charge >= 0.3 is 0 Å². The molecule has 0 aliphatic carbocycles. The van der Waals surface area contributed by atoms with Crippen molar-refractivity contribution < 1.29 is 9.63 Å². The van der Waals surface area contributed by atoms with Gasteiger partial charge in [0, 0.05) is 10.7 Å². The van der Waals surface area contributed by atoms with Gasteiger partial charge in [-0.25, -0.2) is 0 Å². The first-order chi connectivity index (χ1) is 7.63. The van der Waals surface area contributed by atoms with Crippen molar-refractivity contribution in [1.29, 1.82) is 0 Å². The quantitative estimate of drug-likeness (QED) is 0.614. The van der Waals surface area contributed by atoms with Crippen LogP contribution in [0.1, 0.15) is 12.5 Å². The molecule has 1 amide bonds. The first kappa shape index (κ1) is 13.0. The van der Waals surface area contributed by atoms with Crippen molar-refractivity contribution >= 4 is 23.2 Å². The lowest BCUT2D eigenvalue weighted by Crippen LogP contribution is -2.28. The van der Waals surface area contributed by atoms with Crippen molar-refractivity contribution in [1.82, 2.24) is 5.48 Å². The normalized spacial score (nSPS) is 10.2. The van der Waals surface area contributed by atoms with Crippen LogP contribution in [0.2, 0.25) is 5.02 Å². The lowest BCUT2D eigenvalue weighted by Gasteiger charge is -2.09. The molecule has 0 radical (unpaired) electrons. The Hall–Kier alpha value is -1.10. The van der Waals surface area contributed by atoms with Crippen LogP contribution in [0.5, 0.6) is 0 Å². The molecule has 1 rings (SSSR count). The second kappa shape index (κ2) is 6.48. The smallest absolute Gasteiger partial charge is 0.240 e. The van der Waals surface area contributed by atoms with E-state index in [4.69, 9.17) is 16.4 Å². The lowest BCUT2D eigenvalue weighted by atomic mass is 10.2. The third kappa shape index (κ3) is 4.18. The molecule has 0 heterocycles. The van der Waals surface area contributed by atoms with Crippen LogP contribution in [-0.4, -0.2) is 19.1 Å². The second-order valence-electron chi connectivity index (χ2n) is 3.26. The molecule has 88 valence electrons. The van der Waals surface area contributed by atoms with Crippen molar-refractivity contribution in [3.8, 4) is 0 Å². The SMILES string of the molecule is CCONCC(=O)Nc1cc(Cl)ccc1C. The zero-order valence-electron chi connectivity index (χ0n) is 9.34. The standard InChI is InChI=1S/C11H15ClN2O2/c1-3-16-13-7-11(15)14-10-6-9(12)5-4-8(10)2/h4-6,13H,3,7H2,1-2H3,(H,14,15). The van der Waals surface area contributed by atoms with Gasteiger partial charge in [-0.1, -0.05) is 17.7 Å². The number of rotatable bonds is 5. The van der Waals surface area contributed by atoms with E-state index in [9.17, 15) is 4.79 Å². The predicted molar refractivity (Wildman–Crippen MR) is 64.4 cm³/mol. The largest absolute Gasteiger partial charge is 0.325 e. The van der Waals surface area contributed by atoms with E-state index < -0.39 is 0 Å². The fraction of sp³-hybridized carbons (Fsp3) is 0.364. The van der Waals surface area contributed by atoms with Gasteiger partial charge in [-0.05, 0) is 31.5 Å². The number of amides is 1. The van der Waals surface area contributed by atoms with E-state index in [0.717, 1.165) is 11.3 Å². The van der Waals surface area contributed by atoms with E-state index in [2.05, 4.69) is 10.8 Å². The number of hydrogen-bond acceptors (Lipinski definition) is 3. The summed E-state index contributed by atoms with van der Waals surface area (Å²) in [5.41, 5.74) is 4.23. The van der Waals surface area contributed by atoms with Crippen LogP contribution in [0.15, 0.2) is 18.2 Å². The summed E-state index contributed by atoms with van der Waals surface area (Å²) in [5.74, 6) is -0.168. The van der Waals surface area contributed by atoms with Crippen molar-refractivity contribution in [2.75, 3.05) is 18.5 Å². The highest BCUT2D eigenvalue weighted by Crippen LogP contribution is 2.19. The monoisotopic (exact) mass is 242 g/mol. The average molecular weight is 243 g/mol. The molecule has 0 saturated heterocycles. The minimum atomic E-state index is -0.168. The average Bonchev–Trinajstić information content (AvgIpc) is 2.24. The Morgan fingerprint density at radius 3 is 2.94 bits per heavy atom. The zero-order valence-corrected chi connectivity index (χ0v) is 10.1. The van der Waals surface area contributed by atoms with Gasteiger partial charge in [0.05, 0.1) is 6.61 Å². The fourth-order valence-electron chi connectivity index (χ4n) is 1.14. The van der Waals surface area contributed by atoms with Gasteiger partial charge in [-0.2, -0.15) is 5.48 Å². The number of carbonyl (C=O) groups excluding carboxylic acids is 1. The van der Waals surface area contributed by atoms with E-state index >= 15 is 0 Å². The van der Waals surface area contributed by atoms with Crippen LogP contribution in [-0.2, 0) is 9.63 Å². The molecule has 0 aliphatic heterocycles. The minimum absolute atomic E-state index is 0.111. The van der Waals surface area contributed by atoms with Crippen LogP contribution >= 0.6 is 11.6 Å². The third-order valence-electron chi connectivity index (χ3n) is 1.95. The van der Waals surface area contributed by atoms with Crippen LogP contribution < -0.4 is 10.8 Å². The Bertz CT molecular complexity index is 369. The summed E-state index contributed by atoms with van der Waals surface area (Å²) < 4.78 is 0. The van der Waals surface area contributed by atoms with Crippen molar-refractivity contribution in [3.05, 3.63) is 28.8 Å². The van der Waals surface area contributed by atoms with Gasteiger partial charge in [-0.3, -0.25) is 4.79 Å². The number of halogens is 1. The predicted octanol–water partition coefficient (Wildman–Crippen LogP) is 2.13. The molecule has 5 heteroatoms. The van der Waals surface area contributed by atoms with Crippen LogP contribution in [0.4, 0.5) is 5.69 Å². The number of carbonyl (C=O) groups is 1. The molecule has 16 heavy (non-hydrogen) atoms. The molecule has 4 nitrogen and oxygen atoms in total. The molecule has 1 aromatic rings.